The molecule has 0 bridgehead atoms. The van der Waals surface area contributed by atoms with Crippen LogP contribution in [0.15, 0.2) is 45.8 Å². The van der Waals surface area contributed by atoms with Crippen molar-refractivity contribution in [3.63, 3.8) is 0 Å². The predicted octanol–water partition coefficient (Wildman–Crippen LogP) is 4.01. The molecule has 0 aliphatic rings. The molecule has 0 aromatic heterocycles. The normalized spacial score (nSPS) is 11.4. The lowest BCUT2D eigenvalue weighted by Gasteiger charge is -2.12. The fourth-order valence-corrected chi connectivity index (χ4v) is 3.27. The van der Waals surface area contributed by atoms with Gasteiger partial charge in [0.1, 0.15) is 10.7 Å². The van der Waals surface area contributed by atoms with Gasteiger partial charge in [0.15, 0.2) is 0 Å². The van der Waals surface area contributed by atoms with E-state index in [-0.39, 0.29) is 4.90 Å². The smallest absolute Gasteiger partial charge is 0.264 e. The summed E-state index contributed by atoms with van der Waals surface area (Å²) in [7, 11) is -3.95. The molecule has 0 atom stereocenters. The molecular formula is C14H13BrFNO2S. The molecule has 0 fully saturated rings. The van der Waals surface area contributed by atoms with E-state index in [1.54, 1.807) is 12.1 Å². The zero-order chi connectivity index (χ0) is 14.9. The first-order valence-electron chi connectivity index (χ1n) is 5.85. The van der Waals surface area contributed by atoms with Crippen LogP contribution in [0.2, 0.25) is 0 Å². The van der Waals surface area contributed by atoms with Crippen LogP contribution in [0.5, 0.6) is 0 Å². The number of rotatable bonds is 3. The Morgan fingerprint density at radius 3 is 2.50 bits per heavy atom. The van der Waals surface area contributed by atoms with Crippen molar-refractivity contribution in [1.29, 1.82) is 0 Å². The average Bonchev–Trinajstić information content (AvgIpc) is 2.34. The van der Waals surface area contributed by atoms with Crippen LogP contribution in [0.4, 0.5) is 10.1 Å². The van der Waals surface area contributed by atoms with E-state index in [0.29, 0.717) is 10.2 Å². The van der Waals surface area contributed by atoms with Crippen molar-refractivity contribution in [2.45, 2.75) is 18.7 Å². The summed E-state index contributed by atoms with van der Waals surface area (Å²) < 4.78 is 41.1. The first-order chi connectivity index (χ1) is 9.31. The van der Waals surface area contributed by atoms with Gasteiger partial charge >= 0.3 is 0 Å². The minimum atomic E-state index is -3.95. The zero-order valence-electron chi connectivity index (χ0n) is 10.9. The second-order valence-corrected chi connectivity index (χ2v) is 6.99. The summed E-state index contributed by atoms with van der Waals surface area (Å²) in [5.74, 6) is -0.794. The number of benzene rings is 2. The Morgan fingerprint density at radius 2 is 1.85 bits per heavy atom. The largest absolute Gasteiger partial charge is 0.279 e. The van der Waals surface area contributed by atoms with Gasteiger partial charge in [-0.2, -0.15) is 0 Å². The number of halogens is 2. The quantitative estimate of drug-likeness (QED) is 0.901. The molecule has 20 heavy (non-hydrogen) atoms. The maximum Gasteiger partial charge on any atom is 0.264 e. The Morgan fingerprint density at radius 1 is 1.15 bits per heavy atom. The van der Waals surface area contributed by atoms with Gasteiger partial charge in [-0.1, -0.05) is 28.1 Å². The maximum absolute atomic E-state index is 13.8. The Bertz CT molecular complexity index is 760. The van der Waals surface area contributed by atoms with Crippen molar-refractivity contribution in [1.82, 2.24) is 0 Å². The van der Waals surface area contributed by atoms with E-state index in [0.717, 1.165) is 17.2 Å². The van der Waals surface area contributed by atoms with Crippen molar-refractivity contribution in [2.75, 3.05) is 4.72 Å². The third-order valence-corrected chi connectivity index (χ3v) is 4.92. The molecule has 106 valence electrons. The second kappa shape index (κ2) is 5.54. The molecular weight excluding hydrogens is 345 g/mol. The summed E-state index contributed by atoms with van der Waals surface area (Å²) >= 11 is 3.10. The third kappa shape index (κ3) is 3.02. The number of anilines is 1. The highest BCUT2D eigenvalue weighted by Crippen LogP contribution is 2.24. The second-order valence-electron chi connectivity index (χ2n) is 4.43. The Labute approximate surface area is 126 Å². The van der Waals surface area contributed by atoms with E-state index in [2.05, 4.69) is 20.7 Å². The van der Waals surface area contributed by atoms with Gasteiger partial charge in [0.2, 0.25) is 0 Å². The molecule has 0 heterocycles. The molecule has 6 heteroatoms. The van der Waals surface area contributed by atoms with Crippen LogP contribution >= 0.6 is 15.9 Å². The Kier molecular flexibility index (Phi) is 4.15. The summed E-state index contributed by atoms with van der Waals surface area (Å²) in [6.07, 6.45) is 0. The highest BCUT2D eigenvalue weighted by Gasteiger charge is 2.20. The lowest BCUT2D eigenvalue weighted by Crippen LogP contribution is -2.15. The monoisotopic (exact) mass is 357 g/mol. The molecule has 2 aromatic carbocycles. The van der Waals surface area contributed by atoms with Crippen molar-refractivity contribution < 1.29 is 12.8 Å². The van der Waals surface area contributed by atoms with Crippen LogP contribution in [-0.4, -0.2) is 8.42 Å². The Balaban J connectivity index is 2.44. The number of hydrogen-bond donors (Lipinski definition) is 1. The van der Waals surface area contributed by atoms with Gasteiger partial charge in [0, 0.05) is 4.47 Å². The van der Waals surface area contributed by atoms with Gasteiger partial charge in [-0.05, 0) is 49.2 Å². The van der Waals surface area contributed by atoms with Crippen molar-refractivity contribution in [3.8, 4) is 0 Å². The van der Waals surface area contributed by atoms with Gasteiger partial charge in [-0.25, -0.2) is 12.8 Å². The van der Waals surface area contributed by atoms with Crippen LogP contribution in [0.3, 0.4) is 0 Å². The first-order valence-corrected chi connectivity index (χ1v) is 8.13. The fourth-order valence-electron chi connectivity index (χ4n) is 1.75. The molecule has 2 aromatic rings. The van der Waals surface area contributed by atoms with Crippen molar-refractivity contribution in [2.24, 2.45) is 0 Å². The lowest BCUT2D eigenvalue weighted by molar-refractivity contribution is 0.570. The van der Waals surface area contributed by atoms with Crippen LogP contribution in [0, 0.1) is 19.7 Å². The van der Waals surface area contributed by atoms with Gasteiger partial charge < -0.3 is 0 Å². The molecule has 1 N–H and O–H groups in total. The van der Waals surface area contributed by atoms with Gasteiger partial charge in [0.25, 0.3) is 10.0 Å². The van der Waals surface area contributed by atoms with E-state index in [4.69, 9.17) is 0 Å². The van der Waals surface area contributed by atoms with E-state index >= 15 is 0 Å². The molecule has 0 unspecified atom stereocenters. The molecule has 3 nitrogen and oxygen atoms in total. The molecule has 0 saturated carbocycles. The maximum atomic E-state index is 13.8. The van der Waals surface area contributed by atoms with E-state index < -0.39 is 15.8 Å². The zero-order valence-corrected chi connectivity index (χ0v) is 13.3. The van der Waals surface area contributed by atoms with Crippen molar-refractivity contribution in [3.05, 3.63) is 57.8 Å². The summed E-state index contributed by atoms with van der Waals surface area (Å²) in [5, 5.41) is 0. The first kappa shape index (κ1) is 15.0. The molecule has 0 aliphatic heterocycles. The van der Waals surface area contributed by atoms with E-state index in [1.807, 2.05) is 19.9 Å². The van der Waals surface area contributed by atoms with Crippen LogP contribution in [0.1, 0.15) is 11.1 Å². The molecule has 2 rings (SSSR count). The standard InChI is InChI=1S/C14H13BrFNO2S/c1-9-4-3-5-13(10(9)2)17-20(18,19)14-7-6-11(15)8-12(14)16/h3-8,17H,1-2H3. The predicted molar refractivity (Wildman–Crippen MR) is 80.8 cm³/mol. The molecule has 0 saturated heterocycles. The Hall–Kier alpha value is -1.40. The summed E-state index contributed by atoms with van der Waals surface area (Å²) in [4.78, 5) is -0.374. The fraction of sp³-hybridized carbons (Fsp3) is 0.143. The van der Waals surface area contributed by atoms with E-state index in [1.165, 1.54) is 12.1 Å². The number of hydrogen-bond acceptors (Lipinski definition) is 2. The number of aryl methyl sites for hydroxylation is 1. The van der Waals surface area contributed by atoms with Crippen molar-refractivity contribution >= 4 is 31.6 Å². The van der Waals surface area contributed by atoms with Gasteiger partial charge in [-0.15, -0.1) is 0 Å². The minimum Gasteiger partial charge on any atom is -0.279 e. The minimum absolute atomic E-state index is 0.374. The molecule has 0 amide bonds. The average molecular weight is 358 g/mol. The van der Waals surface area contributed by atoms with Crippen LogP contribution in [-0.2, 0) is 10.0 Å². The van der Waals surface area contributed by atoms with E-state index in [9.17, 15) is 12.8 Å². The highest BCUT2D eigenvalue weighted by atomic mass is 79.9. The van der Waals surface area contributed by atoms with Crippen LogP contribution < -0.4 is 4.72 Å². The van der Waals surface area contributed by atoms with Gasteiger partial charge in [-0.3, -0.25) is 4.72 Å². The SMILES string of the molecule is Cc1cccc(NS(=O)(=O)c2ccc(Br)cc2F)c1C. The highest BCUT2D eigenvalue weighted by molar-refractivity contribution is 9.10. The molecule has 0 spiro atoms. The summed E-state index contributed by atoms with van der Waals surface area (Å²) in [6, 6.07) is 9.12. The third-order valence-electron chi connectivity index (χ3n) is 3.03. The topological polar surface area (TPSA) is 46.2 Å². The van der Waals surface area contributed by atoms with Gasteiger partial charge in [0.05, 0.1) is 5.69 Å². The van der Waals surface area contributed by atoms with Crippen LogP contribution in [0.25, 0.3) is 0 Å². The summed E-state index contributed by atoms with van der Waals surface area (Å²) in [6.45, 7) is 3.69. The number of nitrogens with one attached hydrogen (secondary N) is 1. The number of sulfonamides is 1. The lowest BCUT2D eigenvalue weighted by atomic mass is 10.1. The molecule has 0 aliphatic carbocycles. The molecule has 0 radical (unpaired) electrons. The summed E-state index contributed by atoms with van der Waals surface area (Å²) in [5.41, 5.74) is 2.22.